The summed E-state index contributed by atoms with van der Waals surface area (Å²) in [7, 11) is 0. The molecule has 0 radical (unpaired) electrons. The fourth-order valence-electron chi connectivity index (χ4n) is 2.49. The van der Waals surface area contributed by atoms with Gasteiger partial charge in [-0.25, -0.2) is 0 Å². The Balaban J connectivity index is 4.88. The molecule has 120 valence electrons. The van der Waals surface area contributed by atoms with Crippen molar-refractivity contribution in [1.82, 2.24) is 0 Å². The molecule has 0 fully saturated rings. The minimum absolute atomic E-state index is 0.0251. The predicted octanol–water partition coefficient (Wildman–Crippen LogP) is 5.63. The Morgan fingerprint density at radius 1 is 0.800 bits per heavy atom. The summed E-state index contributed by atoms with van der Waals surface area (Å²) in [6, 6.07) is 0. The molecular weight excluding hydrogens is 443 g/mol. The molecule has 20 heavy (non-hydrogen) atoms. The molecule has 0 amide bonds. The van der Waals surface area contributed by atoms with Crippen LogP contribution in [0.2, 0.25) is 11.9 Å². The monoisotopic (exact) mass is 480 g/mol. The van der Waals surface area contributed by atoms with Crippen molar-refractivity contribution in [3.05, 3.63) is 0 Å². The molecule has 0 atom stereocenters. The van der Waals surface area contributed by atoms with E-state index in [2.05, 4.69) is 41.5 Å². The molecule has 0 unspecified atom stereocenters. The first-order chi connectivity index (χ1) is 9.17. The molecule has 0 spiro atoms. The van der Waals surface area contributed by atoms with Gasteiger partial charge in [0, 0.05) is 0 Å². The maximum atomic E-state index is 11.6. The van der Waals surface area contributed by atoms with Crippen LogP contribution in [-0.2, 0) is 7.48 Å². The Hall–Kier alpha value is 0.392. The zero-order valence-electron chi connectivity index (χ0n) is 14.8. The van der Waals surface area contributed by atoms with E-state index in [0.717, 1.165) is 0 Å². The van der Waals surface area contributed by atoms with Gasteiger partial charge in [-0.1, -0.05) is 0 Å². The van der Waals surface area contributed by atoms with E-state index < -0.39 is 21.6 Å². The number of hydrogen-bond acceptors (Lipinski definition) is 2. The SMILES string of the molecule is CC(=O)[O][Pb]([CH2]CC(C)C)([CH2]CC(C)C)[CH2]CC(C)C. The van der Waals surface area contributed by atoms with Crippen LogP contribution in [0.4, 0.5) is 0 Å². The van der Waals surface area contributed by atoms with Crippen LogP contribution < -0.4 is 0 Å². The van der Waals surface area contributed by atoms with Crippen molar-refractivity contribution in [2.75, 3.05) is 0 Å². The van der Waals surface area contributed by atoms with Crippen molar-refractivity contribution in [2.24, 2.45) is 17.8 Å². The second-order valence-electron chi connectivity index (χ2n) is 7.57. The third-order valence-electron chi connectivity index (χ3n) is 3.89. The first-order valence-corrected chi connectivity index (χ1v) is 18.2. The van der Waals surface area contributed by atoms with E-state index in [-0.39, 0.29) is 5.97 Å². The Morgan fingerprint density at radius 3 is 1.30 bits per heavy atom. The quantitative estimate of drug-likeness (QED) is 0.380. The fourth-order valence-corrected chi connectivity index (χ4v) is 21.8. The summed E-state index contributed by atoms with van der Waals surface area (Å²) >= 11 is -2.90. The van der Waals surface area contributed by atoms with Crippen LogP contribution in [0.15, 0.2) is 0 Å². The molecule has 0 saturated heterocycles. The zero-order valence-corrected chi connectivity index (χ0v) is 18.7. The minimum atomic E-state index is -2.90. The van der Waals surface area contributed by atoms with Crippen molar-refractivity contribution in [3.8, 4) is 0 Å². The fraction of sp³-hybridized carbons (Fsp3) is 0.941. The van der Waals surface area contributed by atoms with Gasteiger partial charge in [0.25, 0.3) is 0 Å². The molecule has 0 aliphatic carbocycles. The van der Waals surface area contributed by atoms with E-state index in [1.807, 2.05) is 0 Å². The molecule has 0 bridgehead atoms. The maximum absolute atomic E-state index is 11.6. The second-order valence-corrected chi connectivity index (χ2v) is 23.4. The summed E-state index contributed by atoms with van der Waals surface area (Å²) in [5.41, 5.74) is 0. The summed E-state index contributed by atoms with van der Waals surface area (Å²) in [4.78, 5) is 11.6. The predicted molar refractivity (Wildman–Crippen MR) is 90.3 cm³/mol. The van der Waals surface area contributed by atoms with Gasteiger partial charge in [0.2, 0.25) is 0 Å². The Labute approximate surface area is 132 Å². The van der Waals surface area contributed by atoms with Crippen molar-refractivity contribution >= 4 is 27.6 Å². The van der Waals surface area contributed by atoms with Crippen molar-refractivity contribution in [2.45, 2.75) is 79.7 Å². The molecule has 0 aromatic carbocycles. The standard InChI is InChI=1S/3C5H11.C2H4O2.Pb/c3*1-4-5(2)3;1-2(3)4;/h3*5H,1,4H2,2-3H3;1H3,(H,3,4);/q;;;;+1/p-1. The summed E-state index contributed by atoms with van der Waals surface area (Å²) in [5.74, 6) is 2.11. The summed E-state index contributed by atoms with van der Waals surface area (Å²) in [5, 5.41) is 0. The molecule has 0 heterocycles. The first-order valence-electron chi connectivity index (χ1n) is 8.36. The van der Waals surface area contributed by atoms with E-state index >= 15 is 0 Å². The van der Waals surface area contributed by atoms with Gasteiger partial charge in [-0.2, -0.15) is 0 Å². The van der Waals surface area contributed by atoms with Crippen LogP contribution in [-0.4, -0.2) is 27.6 Å². The van der Waals surface area contributed by atoms with Gasteiger partial charge in [-0.15, -0.1) is 0 Å². The van der Waals surface area contributed by atoms with Crippen LogP contribution >= 0.6 is 0 Å². The van der Waals surface area contributed by atoms with Crippen molar-refractivity contribution in [1.29, 1.82) is 0 Å². The van der Waals surface area contributed by atoms with Gasteiger partial charge in [0.1, 0.15) is 0 Å². The molecule has 3 heteroatoms. The Kier molecular flexibility index (Phi) is 10.4. The summed E-state index contributed by atoms with van der Waals surface area (Å²) < 4.78 is 9.75. The van der Waals surface area contributed by atoms with E-state index in [1.54, 1.807) is 6.92 Å². The van der Waals surface area contributed by atoms with Gasteiger partial charge < -0.3 is 0 Å². The number of carbonyl (C=O) groups excluding carboxylic acids is 1. The number of rotatable bonds is 10. The third-order valence-corrected chi connectivity index (χ3v) is 20.7. The summed E-state index contributed by atoms with van der Waals surface area (Å²) in [6.07, 6.45) is 3.68. The van der Waals surface area contributed by atoms with Crippen molar-refractivity contribution < 1.29 is 7.48 Å². The molecule has 0 aliphatic heterocycles. The molecule has 0 aromatic rings. The Bertz CT molecular complexity index is 241. The van der Waals surface area contributed by atoms with Gasteiger partial charge in [0.05, 0.1) is 0 Å². The van der Waals surface area contributed by atoms with Gasteiger partial charge in [-0.05, 0) is 0 Å². The zero-order chi connectivity index (χ0) is 15.8. The molecular formula is C17H36O2Pb. The molecule has 0 saturated carbocycles. The van der Waals surface area contributed by atoms with Crippen molar-refractivity contribution in [3.63, 3.8) is 0 Å². The molecule has 2 nitrogen and oxygen atoms in total. The summed E-state index contributed by atoms with van der Waals surface area (Å²) in [6.45, 7) is 15.3. The van der Waals surface area contributed by atoms with Gasteiger partial charge in [-0.3, -0.25) is 0 Å². The molecule has 0 rings (SSSR count). The van der Waals surface area contributed by atoms with Crippen LogP contribution in [0.25, 0.3) is 0 Å². The second kappa shape index (κ2) is 10.2. The van der Waals surface area contributed by atoms with Gasteiger partial charge >= 0.3 is 132 Å². The van der Waals surface area contributed by atoms with E-state index in [4.69, 9.17) is 2.69 Å². The van der Waals surface area contributed by atoms with Crippen LogP contribution in [0, 0.1) is 17.8 Å². The molecule has 0 aliphatic rings. The molecule has 0 aromatic heterocycles. The Morgan fingerprint density at radius 2 is 1.10 bits per heavy atom. The number of carbonyl (C=O) groups is 1. The average molecular weight is 480 g/mol. The van der Waals surface area contributed by atoms with Crippen LogP contribution in [0.3, 0.4) is 0 Å². The van der Waals surface area contributed by atoms with Crippen LogP contribution in [0.1, 0.15) is 67.7 Å². The third kappa shape index (κ3) is 10.2. The van der Waals surface area contributed by atoms with Crippen LogP contribution in [0.5, 0.6) is 0 Å². The number of hydrogen-bond donors (Lipinski definition) is 0. The topological polar surface area (TPSA) is 26.3 Å². The van der Waals surface area contributed by atoms with E-state index in [1.165, 1.54) is 31.2 Å². The first kappa shape index (κ1) is 20.4. The van der Waals surface area contributed by atoms with Gasteiger partial charge in [0.15, 0.2) is 0 Å². The average Bonchev–Trinajstić information content (AvgIpc) is 2.30. The van der Waals surface area contributed by atoms with E-state index in [9.17, 15) is 4.79 Å². The van der Waals surface area contributed by atoms with E-state index in [0.29, 0.717) is 17.8 Å². The normalized spacial score (nSPS) is 12.5. The molecule has 0 N–H and O–H groups in total.